The fraction of sp³-hybridized carbons (Fsp3) is 0.500. The number of hydrogen-bond donors (Lipinski definition) is 2. The Morgan fingerprint density at radius 1 is 1.29 bits per heavy atom. The summed E-state index contributed by atoms with van der Waals surface area (Å²) in [5, 5.41) is 13.3. The van der Waals surface area contributed by atoms with E-state index in [-0.39, 0.29) is 0 Å². The van der Waals surface area contributed by atoms with Crippen LogP contribution in [0.3, 0.4) is 0 Å². The Balaban J connectivity index is 2.05. The van der Waals surface area contributed by atoms with Gasteiger partial charge in [0.25, 0.3) is 0 Å². The van der Waals surface area contributed by atoms with E-state index in [1.165, 1.54) is 24.0 Å². The topological polar surface area (TPSA) is 32.3 Å². The lowest BCUT2D eigenvalue weighted by Gasteiger charge is -2.27. The molecule has 74 valence electrons. The van der Waals surface area contributed by atoms with Crippen molar-refractivity contribution in [3.8, 4) is 5.75 Å². The first-order valence-electron chi connectivity index (χ1n) is 5.40. The van der Waals surface area contributed by atoms with Crippen molar-refractivity contribution in [2.75, 3.05) is 6.54 Å². The molecule has 0 amide bonds. The van der Waals surface area contributed by atoms with Gasteiger partial charge in [-0.15, -0.1) is 0 Å². The van der Waals surface area contributed by atoms with Crippen molar-refractivity contribution in [1.29, 1.82) is 0 Å². The second kappa shape index (κ2) is 2.99. The molecule has 1 atom stereocenters. The van der Waals surface area contributed by atoms with Gasteiger partial charge in [0.2, 0.25) is 0 Å². The minimum atomic E-state index is 0.481. The Morgan fingerprint density at radius 3 is 2.93 bits per heavy atom. The average Bonchev–Trinajstić information content (AvgIpc) is 3.01. The molecule has 0 saturated heterocycles. The number of rotatable bonds is 1. The zero-order valence-corrected chi connectivity index (χ0v) is 8.16. The van der Waals surface area contributed by atoms with Crippen LogP contribution in [0, 0.1) is 5.92 Å². The summed E-state index contributed by atoms with van der Waals surface area (Å²) >= 11 is 0. The lowest BCUT2D eigenvalue weighted by molar-refractivity contribution is 0.428. The molecule has 0 spiro atoms. The van der Waals surface area contributed by atoms with Crippen molar-refractivity contribution in [2.45, 2.75) is 25.3 Å². The maximum Gasteiger partial charge on any atom is 0.119 e. The highest BCUT2D eigenvalue weighted by Crippen LogP contribution is 2.44. The first kappa shape index (κ1) is 8.30. The van der Waals surface area contributed by atoms with E-state index in [4.69, 9.17) is 0 Å². The second-order valence-electron chi connectivity index (χ2n) is 4.36. The van der Waals surface area contributed by atoms with Crippen LogP contribution in [-0.2, 0) is 6.42 Å². The highest BCUT2D eigenvalue weighted by Gasteiger charge is 2.35. The molecular weight excluding hydrogens is 174 g/mol. The van der Waals surface area contributed by atoms with Gasteiger partial charge in [-0.1, -0.05) is 12.1 Å². The molecule has 2 N–H and O–H groups in total. The molecular formula is C12H15NO. The highest BCUT2D eigenvalue weighted by molar-refractivity contribution is 5.43. The van der Waals surface area contributed by atoms with Crippen molar-refractivity contribution < 1.29 is 5.11 Å². The Bertz CT molecular complexity index is 357. The molecule has 1 saturated carbocycles. The summed E-state index contributed by atoms with van der Waals surface area (Å²) in [5.74, 6) is 1.30. The van der Waals surface area contributed by atoms with Crippen LogP contribution in [0.2, 0.25) is 0 Å². The van der Waals surface area contributed by atoms with Crippen LogP contribution in [-0.4, -0.2) is 11.7 Å². The summed E-state index contributed by atoms with van der Waals surface area (Å²) in [7, 11) is 0. The third-order valence-corrected chi connectivity index (χ3v) is 3.36. The van der Waals surface area contributed by atoms with Gasteiger partial charge < -0.3 is 10.4 Å². The maximum absolute atomic E-state index is 9.75. The Kier molecular flexibility index (Phi) is 1.77. The van der Waals surface area contributed by atoms with Gasteiger partial charge >= 0.3 is 0 Å². The van der Waals surface area contributed by atoms with Gasteiger partial charge in [-0.2, -0.15) is 0 Å². The van der Waals surface area contributed by atoms with Gasteiger partial charge in [0, 0.05) is 6.04 Å². The first-order valence-corrected chi connectivity index (χ1v) is 5.40. The van der Waals surface area contributed by atoms with Crippen LogP contribution in [0.5, 0.6) is 5.75 Å². The van der Waals surface area contributed by atoms with Crippen LogP contribution in [0.25, 0.3) is 0 Å². The minimum Gasteiger partial charge on any atom is -0.508 e. The standard InChI is InChI=1S/C12H15NO/c14-11-3-1-2-10-9(11)6-7-13-12(10)8-4-5-8/h1-3,8,12-14H,4-7H2. The Labute approximate surface area is 84.0 Å². The molecule has 1 aliphatic heterocycles. The highest BCUT2D eigenvalue weighted by atomic mass is 16.3. The molecule has 14 heavy (non-hydrogen) atoms. The quantitative estimate of drug-likeness (QED) is 0.708. The molecule has 0 radical (unpaired) electrons. The zero-order valence-electron chi connectivity index (χ0n) is 8.16. The van der Waals surface area contributed by atoms with Crippen molar-refractivity contribution in [1.82, 2.24) is 5.32 Å². The van der Waals surface area contributed by atoms with Crippen molar-refractivity contribution in [3.63, 3.8) is 0 Å². The summed E-state index contributed by atoms with van der Waals surface area (Å²) < 4.78 is 0. The number of benzene rings is 1. The number of phenolic OH excluding ortho intramolecular Hbond substituents is 1. The van der Waals surface area contributed by atoms with E-state index in [0.717, 1.165) is 18.9 Å². The largest absolute Gasteiger partial charge is 0.508 e. The van der Waals surface area contributed by atoms with E-state index in [2.05, 4.69) is 11.4 Å². The molecule has 2 heteroatoms. The fourth-order valence-electron chi connectivity index (χ4n) is 2.47. The predicted molar refractivity (Wildman–Crippen MR) is 55.3 cm³/mol. The lowest BCUT2D eigenvalue weighted by atomic mass is 9.91. The third kappa shape index (κ3) is 1.22. The van der Waals surface area contributed by atoms with Gasteiger partial charge in [0.05, 0.1) is 0 Å². The van der Waals surface area contributed by atoms with E-state index in [9.17, 15) is 5.11 Å². The minimum absolute atomic E-state index is 0.481. The summed E-state index contributed by atoms with van der Waals surface area (Å²) in [6.45, 7) is 1.01. The zero-order chi connectivity index (χ0) is 9.54. The first-order chi connectivity index (χ1) is 6.86. The maximum atomic E-state index is 9.75. The molecule has 1 aromatic rings. The van der Waals surface area contributed by atoms with E-state index in [1.54, 1.807) is 6.07 Å². The molecule has 1 fully saturated rings. The molecule has 1 unspecified atom stereocenters. The van der Waals surface area contributed by atoms with Crippen LogP contribution in [0.4, 0.5) is 0 Å². The summed E-state index contributed by atoms with van der Waals surface area (Å²) in [4.78, 5) is 0. The molecule has 2 nitrogen and oxygen atoms in total. The third-order valence-electron chi connectivity index (χ3n) is 3.36. The smallest absolute Gasteiger partial charge is 0.119 e. The van der Waals surface area contributed by atoms with E-state index < -0.39 is 0 Å². The Morgan fingerprint density at radius 2 is 2.14 bits per heavy atom. The molecule has 0 aromatic heterocycles. The van der Waals surface area contributed by atoms with Gasteiger partial charge in [-0.25, -0.2) is 0 Å². The fourth-order valence-corrected chi connectivity index (χ4v) is 2.47. The number of phenols is 1. The SMILES string of the molecule is Oc1cccc2c1CCNC2C1CC1. The number of fused-ring (bicyclic) bond motifs is 1. The molecule has 0 bridgehead atoms. The van der Waals surface area contributed by atoms with Crippen LogP contribution in [0.1, 0.15) is 30.0 Å². The monoisotopic (exact) mass is 189 g/mol. The van der Waals surface area contributed by atoms with Crippen molar-refractivity contribution >= 4 is 0 Å². The summed E-state index contributed by atoms with van der Waals surface area (Å²) in [6, 6.07) is 6.42. The van der Waals surface area contributed by atoms with Crippen LogP contribution < -0.4 is 5.32 Å². The second-order valence-corrected chi connectivity index (χ2v) is 4.36. The lowest BCUT2D eigenvalue weighted by Crippen LogP contribution is -2.31. The molecule has 1 aliphatic carbocycles. The molecule has 2 aliphatic rings. The van der Waals surface area contributed by atoms with Gasteiger partial charge in [0.1, 0.15) is 5.75 Å². The molecule has 3 rings (SSSR count). The van der Waals surface area contributed by atoms with Crippen molar-refractivity contribution in [2.24, 2.45) is 5.92 Å². The Hall–Kier alpha value is -1.02. The van der Waals surface area contributed by atoms with Crippen LogP contribution >= 0.6 is 0 Å². The predicted octanol–water partition coefficient (Wildman–Crippen LogP) is 1.99. The number of aromatic hydroxyl groups is 1. The number of nitrogens with one attached hydrogen (secondary N) is 1. The van der Waals surface area contributed by atoms with Crippen molar-refractivity contribution in [3.05, 3.63) is 29.3 Å². The normalized spacial score (nSPS) is 25.9. The molecule has 1 aromatic carbocycles. The average molecular weight is 189 g/mol. The summed E-state index contributed by atoms with van der Waals surface area (Å²) in [5.41, 5.74) is 2.50. The molecule has 1 heterocycles. The van der Waals surface area contributed by atoms with E-state index >= 15 is 0 Å². The van der Waals surface area contributed by atoms with Gasteiger partial charge in [0.15, 0.2) is 0 Å². The number of hydrogen-bond acceptors (Lipinski definition) is 2. The van der Waals surface area contributed by atoms with E-state index in [0.29, 0.717) is 11.8 Å². The van der Waals surface area contributed by atoms with Crippen LogP contribution in [0.15, 0.2) is 18.2 Å². The van der Waals surface area contributed by atoms with E-state index in [1.807, 2.05) is 6.07 Å². The summed E-state index contributed by atoms with van der Waals surface area (Å²) in [6.07, 6.45) is 3.64. The van der Waals surface area contributed by atoms with Gasteiger partial charge in [-0.05, 0) is 48.9 Å². The van der Waals surface area contributed by atoms with Gasteiger partial charge in [-0.3, -0.25) is 0 Å².